The smallest absolute Gasteiger partial charge is 0.251 e. The third-order valence-electron chi connectivity index (χ3n) is 2.33. The monoisotopic (exact) mass is 287 g/mol. The third-order valence-corrected chi connectivity index (χ3v) is 2.33. The molecule has 0 radical (unpaired) electrons. The van der Waals surface area contributed by atoms with E-state index in [2.05, 4.69) is 10.6 Å². The number of anilines is 1. The van der Waals surface area contributed by atoms with Crippen molar-refractivity contribution in [3.8, 4) is 0 Å². The first-order chi connectivity index (χ1) is 9.45. The molecule has 20 heavy (non-hydrogen) atoms. The maximum absolute atomic E-state index is 13.4. The molecule has 1 rings (SSSR count). The van der Waals surface area contributed by atoms with E-state index in [0.29, 0.717) is 0 Å². The van der Waals surface area contributed by atoms with E-state index in [4.69, 9.17) is 10.5 Å². The number of nitrogens with two attached hydrogens (primary N) is 1. The largest absolute Gasteiger partial charge is 0.383 e. The molecule has 0 atom stereocenters. The van der Waals surface area contributed by atoms with Gasteiger partial charge in [0, 0.05) is 19.2 Å². The number of amides is 2. The molecule has 0 aliphatic rings. The molecule has 0 heterocycles. The topological polar surface area (TPSA) is 93.4 Å². The van der Waals surface area contributed by atoms with Gasteiger partial charge in [0.1, 0.15) is 23.9 Å². The SMILES string of the molecule is CNc1c(F)cc(C(=O)NCCOCC(N)=O)cc1F. The van der Waals surface area contributed by atoms with Gasteiger partial charge in [-0.2, -0.15) is 0 Å². The van der Waals surface area contributed by atoms with E-state index in [1.165, 1.54) is 7.05 Å². The van der Waals surface area contributed by atoms with Crippen molar-refractivity contribution in [2.45, 2.75) is 0 Å². The Hall–Kier alpha value is -2.22. The Kier molecular flexibility index (Phi) is 5.85. The van der Waals surface area contributed by atoms with Gasteiger partial charge in [-0.05, 0) is 12.1 Å². The number of rotatable bonds is 7. The van der Waals surface area contributed by atoms with Crippen LogP contribution in [-0.2, 0) is 9.53 Å². The van der Waals surface area contributed by atoms with E-state index in [1.54, 1.807) is 0 Å². The Morgan fingerprint density at radius 1 is 1.30 bits per heavy atom. The molecule has 0 aromatic heterocycles. The summed E-state index contributed by atoms with van der Waals surface area (Å²) in [7, 11) is 1.37. The van der Waals surface area contributed by atoms with Crippen molar-refractivity contribution in [2.24, 2.45) is 5.73 Å². The standard InChI is InChI=1S/C12H15F2N3O3/c1-16-11-8(13)4-7(5-9(11)14)12(19)17-2-3-20-6-10(15)18/h4-5,16H,2-3,6H2,1H3,(H2,15,18)(H,17,19). The second-order valence-electron chi connectivity index (χ2n) is 3.84. The maximum Gasteiger partial charge on any atom is 0.251 e. The predicted octanol–water partition coefficient (Wildman–Crippen LogP) is 0.238. The highest BCUT2D eigenvalue weighted by atomic mass is 19.1. The van der Waals surface area contributed by atoms with Crippen LogP contribution in [0.15, 0.2) is 12.1 Å². The first kappa shape index (κ1) is 15.8. The molecule has 1 aromatic carbocycles. The Morgan fingerprint density at radius 2 is 1.90 bits per heavy atom. The van der Waals surface area contributed by atoms with Crippen LogP contribution in [-0.4, -0.2) is 38.6 Å². The van der Waals surface area contributed by atoms with Crippen molar-refractivity contribution in [3.05, 3.63) is 29.3 Å². The number of hydrogen-bond acceptors (Lipinski definition) is 4. The van der Waals surface area contributed by atoms with Gasteiger partial charge < -0.3 is 21.1 Å². The number of carbonyl (C=O) groups excluding carboxylic acids is 2. The van der Waals surface area contributed by atoms with E-state index >= 15 is 0 Å². The normalized spacial score (nSPS) is 10.2. The van der Waals surface area contributed by atoms with Crippen LogP contribution in [0, 0.1) is 11.6 Å². The fourth-order valence-corrected chi connectivity index (χ4v) is 1.45. The first-order valence-corrected chi connectivity index (χ1v) is 5.76. The highest BCUT2D eigenvalue weighted by molar-refractivity contribution is 5.94. The Balaban J connectivity index is 2.54. The predicted molar refractivity (Wildman–Crippen MR) is 68.3 cm³/mol. The fraction of sp³-hybridized carbons (Fsp3) is 0.333. The number of ether oxygens (including phenoxy) is 1. The summed E-state index contributed by atoms with van der Waals surface area (Å²) in [6, 6.07) is 1.85. The van der Waals surface area contributed by atoms with E-state index < -0.39 is 23.4 Å². The van der Waals surface area contributed by atoms with Crippen molar-refractivity contribution >= 4 is 17.5 Å². The molecule has 1 aromatic rings. The lowest BCUT2D eigenvalue weighted by Gasteiger charge is -2.08. The molecule has 0 spiro atoms. The van der Waals surface area contributed by atoms with E-state index in [0.717, 1.165) is 12.1 Å². The zero-order chi connectivity index (χ0) is 15.1. The van der Waals surface area contributed by atoms with Crippen LogP contribution in [0.2, 0.25) is 0 Å². The Labute approximate surface area is 114 Å². The number of primary amides is 1. The van der Waals surface area contributed by atoms with Gasteiger partial charge in [0.2, 0.25) is 5.91 Å². The molecule has 0 unspecified atom stereocenters. The van der Waals surface area contributed by atoms with Crippen LogP contribution in [0.25, 0.3) is 0 Å². The molecule has 0 aliphatic heterocycles. The Bertz CT molecular complexity index is 486. The van der Waals surface area contributed by atoms with Crippen molar-refractivity contribution in [2.75, 3.05) is 32.1 Å². The molecule has 0 saturated heterocycles. The molecule has 0 aliphatic carbocycles. The highest BCUT2D eigenvalue weighted by Crippen LogP contribution is 2.19. The van der Waals surface area contributed by atoms with Gasteiger partial charge in [0.15, 0.2) is 0 Å². The third kappa shape index (κ3) is 4.47. The van der Waals surface area contributed by atoms with Gasteiger partial charge in [0.25, 0.3) is 5.91 Å². The highest BCUT2D eigenvalue weighted by Gasteiger charge is 2.13. The number of benzene rings is 1. The lowest BCUT2D eigenvalue weighted by molar-refractivity contribution is -0.122. The first-order valence-electron chi connectivity index (χ1n) is 5.76. The van der Waals surface area contributed by atoms with Crippen LogP contribution < -0.4 is 16.4 Å². The molecule has 4 N–H and O–H groups in total. The molecular weight excluding hydrogens is 272 g/mol. The summed E-state index contributed by atoms with van der Waals surface area (Å²) < 4.78 is 31.7. The van der Waals surface area contributed by atoms with Crippen molar-refractivity contribution in [1.82, 2.24) is 5.32 Å². The zero-order valence-corrected chi connectivity index (χ0v) is 10.8. The maximum atomic E-state index is 13.4. The number of halogens is 2. The molecule has 0 fully saturated rings. The summed E-state index contributed by atoms with van der Waals surface area (Å²) in [5.74, 6) is -2.98. The van der Waals surface area contributed by atoms with E-state index in [1.807, 2.05) is 0 Å². The van der Waals surface area contributed by atoms with E-state index in [9.17, 15) is 18.4 Å². The molecule has 8 heteroatoms. The van der Waals surface area contributed by atoms with Gasteiger partial charge in [-0.15, -0.1) is 0 Å². The van der Waals surface area contributed by atoms with Gasteiger partial charge in [-0.25, -0.2) is 8.78 Å². The zero-order valence-electron chi connectivity index (χ0n) is 10.8. The summed E-state index contributed by atoms with van der Waals surface area (Å²) in [5.41, 5.74) is 4.40. The minimum absolute atomic E-state index is 0.0637. The summed E-state index contributed by atoms with van der Waals surface area (Å²) in [4.78, 5) is 22.0. The number of carbonyl (C=O) groups is 2. The molecule has 0 bridgehead atoms. The number of hydrogen-bond donors (Lipinski definition) is 3. The average Bonchev–Trinajstić information content (AvgIpc) is 2.37. The summed E-state index contributed by atoms with van der Waals surface area (Å²) >= 11 is 0. The minimum atomic E-state index is -0.859. The van der Waals surface area contributed by atoms with Crippen LogP contribution in [0.3, 0.4) is 0 Å². The second-order valence-corrected chi connectivity index (χ2v) is 3.84. The molecule has 0 saturated carbocycles. The average molecular weight is 287 g/mol. The van der Waals surface area contributed by atoms with Gasteiger partial charge in [-0.1, -0.05) is 0 Å². The fourth-order valence-electron chi connectivity index (χ4n) is 1.45. The molecular formula is C12H15F2N3O3. The van der Waals surface area contributed by atoms with Crippen LogP contribution >= 0.6 is 0 Å². The van der Waals surface area contributed by atoms with Crippen LogP contribution in [0.1, 0.15) is 10.4 Å². The molecule has 110 valence electrons. The van der Waals surface area contributed by atoms with Crippen LogP contribution in [0.4, 0.5) is 14.5 Å². The summed E-state index contributed by atoms with van der Waals surface area (Å²) in [6.45, 7) is -0.104. The number of nitrogens with one attached hydrogen (secondary N) is 2. The van der Waals surface area contributed by atoms with Crippen molar-refractivity contribution in [3.63, 3.8) is 0 Å². The van der Waals surface area contributed by atoms with E-state index in [-0.39, 0.29) is 31.0 Å². The van der Waals surface area contributed by atoms with Crippen LogP contribution in [0.5, 0.6) is 0 Å². The lowest BCUT2D eigenvalue weighted by Crippen LogP contribution is -2.29. The lowest BCUT2D eigenvalue weighted by atomic mass is 10.1. The quantitative estimate of drug-likeness (QED) is 0.626. The van der Waals surface area contributed by atoms with Gasteiger partial charge in [-0.3, -0.25) is 9.59 Å². The van der Waals surface area contributed by atoms with Crippen molar-refractivity contribution < 1.29 is 23.1 Å². The molecule has 6 nitrogen and oxygen atoms in total. The second kappa shape index (κ2) is 7.39. The summed E-state index contributed by atoms with van der Waals surface area (Å²) in [6.07, 6.45) is 0. The van der Waals surface area contributed by atoms with Crippen molar-refractivity contribution in [1.29, 1.82) is 0 Å². The Morgan fingerprint density at radius 3 is 2.40 bits per heavy atom. The molecule has 2 amide bonds. The van der Waals surface area contributed by atoms with Gasteiger partial charge >= 0.3 is 0 Å². The minimum Gasteiger partial charge on any atom is -0.383 e. The van der Waals surface area contributed by atoms with Gasteiger partial charge in [0.05, 0.1) is 6.61 Å². The summed E-state index contributed by atoms with van der Waals surface area (Å²) in [5, 5.41) is 4.75.